The molecular formula is C35H39N5O3. The lowest BCUT2D eigenvalue weighted by atomic mass is 9.97. The molecule has 0 spiro atoms. The highest BCUT2D eigenvalue weighted by Crippen LogP contribution is 2.35. The number of amides is 4. The highest BCUT2D eigenvalue weighted by Gasteiger charge is 2.34. The van der Waals surface area contributed by atoms with Crippen LogP contribution in [0.1, 0.15) is 37.0 Å². The molecule has 43 heavy (non-hydrogen) atoms. The van der Waals surface area contributed by atoms with Crippen LogP contribution in [-0.4, -0.2) is 48.4 Å². The van der Waals surface area contributed by atoms with Gasteiger partial charge in [-0.2, -0.15) is 0 Å². The maximum atomic E-state index is 14.1. The van der Waals surface area contributed by atoms with E-state index in [0.717, 1.165) is 44.3 Å². The third-order valence-corrected chi connectivity index (χ3v) is 8.04. The minimum Gasteiger partial charge on any atom is -0.343 e. The lowest BCUT2D eigenvalue weighted by Crippen LogP contribution is -2.56. The van der Waals surface area contributed by atoms with Crippen molar-refractivity contribution in [1.29, 1.82) is 0 Å². The van der Waals surface area contributed by atoms with Crippen LogP contribution < -0.4 is 21.3 Å². The quantitative estimate of drug-likeness (QED) is 0.288. The largest absolute Gasteiger partial charge is 0.343 e. The molecule has 1 heterocycles. The van der Waals surface area contributed by atoms with E-state index in [2.05, 4.69) is 22.8 Å². The van der Waals surface area contributed by atoms with Crippen molar-refractivity contribution in [3.8, 4) is 11.1 Å². The van der Waals surface area contributed by atoms with E-state index in [9.17, 15) is 14.4 Å². The number of carbonyl (C=O) groups is 3. The van der Waals surface area contributed by atoms with Gasteiger partial charge in [0.2, 0.25) is 11.8 Å². The van der Waals surface area contributed by atoms with Crippen molar-refractivity contribution in [1.82, 2.24) is 15.5 Å². The smallest absolute Gasteiger partial charge is 0.317 e. The van der Waals surface area contributed by atoms with E-state index in [4.69, 9.17) is 5.73 Å². The van der Waals surface area contributed by atoms with Crippen LogP contribution in [0, 0.1) is 0 Å². The minimum atomic E-state index is -1.10. The molecular weight excluding hydrogens is 538 g/mol. The van der Waals surface area contributed by atoms with Crippen LogP contribution in [-0.2, 0) is 29.1 Å². The number of hydrogen-bond acceptors (Lipinski definition) is 4. The second-order valence-corrected chi connectivity index (χ2v) is 11.8. The molecule has 1 atom stereocenters. The van der Waals surface area contributed by atoms with Crippen molar-refractivity contribution >= 4 is 34.3 Å². The molecule has 0 radical (unpaired) electrons. The normalized spacial score (nSPS) is 15.0. The molecule has 0 aromatic heterocycles. The average molecular weight is 578 g/mol. The molecule has 0 saturated heterocycles. The topological polar surface area (TPSA) is 108 Å². The van der Waals surface area contributed by atoms with Crippen molar-refractivity contribution < 1.29 is 14.4 Å². The van der Waals surface area contributed by atoms with Crippen LogP contribution >= 0.6 is 0 Å². The summed E-state index contributed by atoms with van der Waals surface area (Å²) in [6.07, 6.45) is 1.13. The summed E-state index contributed by atoms with van der Waals surface area (Å²) in [7, 11) is 3.39. The average Bonchev–Trinajstić information content (AvgIpc) is 3.13. The Morgan fingerprint density at radius 1 is 0.977 bits per heavy atom. The van der Waals surface area contributed by atoms with Crippen molar-refractivity contribution in [3.63, 3.8) is 0 Å². The lowest BCUT2D eigenvalue weighted by molar-refractivity contribution is -0.130. The second kappa shape index (κ2) is 12.3. The molecule has 1 aliphatic heterocycles. The predicted molar refractivity (Wildman–Crippen MR) is 171 cm³/mol. The molecule has 0 fully saturated rings. The highest BCUT2D eigenvalue weighted by molar-refractivity contribution is 6.04. The Labute approximate surface area is 252 Å². The molecule has 222 valence electrons. The Kier molecular flexibility index (Phi) is 8.50. The number of benzene rings is 4. The second-order valence-electron chi connectivity index (χ2n) is 11.8. The number of rotatable bonds is 7. The fraction of sp³-hybridized carbons (Fsp3) is 0.286. The fourth-order valence-corrected chi connectivity index (χ4v) is 5.63. The monoisotopic (exact) mass is 577 g/mol. The summed E-state index contributed by atoms with van der Waals surface area (Å²) in [6, 6.07) is 27.6. The number of carbonyl (C=O) groups excluding carboxylic acids is 3. The fourth-order valence-electron chi connectivity index (χ4n) is 5.63. The van der Waals surface area contributed by atoms with Crippen LogP contribution in [0.3, 0.4) is 0 Å². The number of nitrogens with one attached hydrogen (secondary N) is 2. The van der Waals surface area contributed by atoms with E-state index in [0.29, 0.717) is 25.9 Å². The molecule has 1 aliphatic rings. The van der Waals surface area contributed by atoms with E-state index in [1.54, 1.807) is 37.7 Å². The van der Waals surface area contributed by atoms with Crippen LogP contribution in [0.15, 0.2) is 84.9 Å². The standard InChI is InChI=1S/C35H39N5O3/c1-35(2,36)33(42)38-30-19-18-29-28-12-8-5-9-24(28)17-20-31(29)40(32(30)41)21-23-13-15-25(16-14-23)27-11-7-6-10-26(27)22-39(4)34(43)37-3/h5-17,20,30H,18-19,21-22,36H2,1-4H3,(H,37,43)(H,38,42)/t30-/m1/s1. The Bertz CT molecular complexity index is 1660. The van der Waals surface area contributed by atoms with E-state index in [1.807, 2.05) is 72.8 Å². The Morgan fingerprint density at radius 2 is 1.67 bits per heavy atom. The van der Waals surface area contributed by atoms with Crippen molar-refractivity contribution in [2.75, 3.05) is 19.0 Å². The third kappa shape index (κ3) is 6.39. The van der Waals surface area contributed by atoms with Crippen LogP contribution in [0.5, 0.6) is 0 Å². The number of anilines is 1. The Balaban J connectivity index is 1.47. The van der Waals surface area contributed by atoms with Gasteiger partial charge in [-0.1, -0.05) is 78.9 Å². The molecule has 8 heteroatoms. The van der Waals surface area contributed by atoms with Gasteiger partial charge in [0.1, 0.15) is 6.04 Å². The first-order valence-electron chi connectivity index (χ1n) is 14.6. The van der Waals surface area contributed by atoms with Gasteiger partial charge in [-0.3, -0.25) is 9.59 Å². The van der Waals surface area contributed by atoms with E-state index in [1.165, 1.54) is 0 Å². The first-order chi connectivity index (χ1) is 20.6. The van der Waals surface area contributed by atoms with Crippen molar-refractivity contribution in [2.45, 2.75) is 51.4 Å². The molecule has 8 nitrogen and oxygen atoms in total. The van der Waals surface area contributed by atoms with Crippen LogP contribution in [0.25, 0.3) is 21.9 Å². The van der Waals surface area contributed by atoms with Gasteiger partial charge in [0.15, 0.2) is 0 Å². The van der Waals surface area contributed by atoms with E-state index < -0.39 is 11.6 Å². The molecule has 0 bridgehead atoms. The lowest BCUT2D eigenvalue weighted by Gasteiger charge is -2.28. The summed E-state index contributed by atoms with van der Waals surface area (Å²) < 4.78 is 0. The minimum absolute atomic E-state index is 0.148. The molecule has 0 aliphatic carbocycles. The summed E-state index contributed by atoms with van der Waals surface area (Å²) in [4.78, 5) is 42.4. The zero-order chi connectivity index (χ0) is 30.7. The van der Waals surface area contributed by atoms with E-state index in [-0.39, 0.29) is 17.8 Å². The number of urea groups is 1. The third-order valence-electron chi connectivity index (χ3n) is 8.04. The zero-order valence-corrected chi connectivity index (χ0v) is 25.2. The summed E-state index contributed by atoms with van der Waals surface area (Å²) in [5.74, 6) is -0.509. The highest BCUT2D eigenvalue weighted by atomic mass is 16.2. The molecule has 5 rings (SSSR count). The summed E-state index contributed by atoms with van der Waals surface area (Å²) in [5, 5.41) is 7.81. The molecule has 0 unspecified atom stereocenters. The Hall–Kier alpha value is -4.69. The van der Waals surface area contributed by atoms with Gasteiger partial charge in [0.25, 0.3) is 0 Å². The van der Waals surface area contributed by atoms with Gasteiger partial charge in [0, 0.05) is 26.3 Å². The first kappa shape index (κ1) is 29.8. The number of nitrogens with two attached hydrogens (primary N) is 1. The summed E-state index contributed by atoms with van der Waals surface area (Å²) >= 11 is 0. The number of fused-ring (bicyclic) bond motifs is 3. The van der Waals surface area contributed by atoms with Gasteiger partial charge in [-0.15, -0.1) is 0 Å². The predicted octanol–water partition coefficient (Wildman–Crippen LogP) is 4.98. The van der Waals surface area contributed by atoms with Gasteiger partial charge >= 0.3 is 6.03 Å². The molecule has 0 saturated carbocycles. The van der Waals surface area contributed by atoms with E-state index >= 15 is 0 Å². The van der Waals surface area contributed by atoms with Crippen LogP contribution in [0.2, 0.25) is 0 Å². The Morgan fingerprint density at radius 3 is 2.40 bits per heavy atom. The molecule has 4 aromatic rings. The summed E-state index contributed by atoms with van der Waals surface area (Å²) in [5.41, 5.74) is 11.0. The number of hydrogen-bond donors (Lipinski definition) is 3. The number of nitrogens with zero attached hydrogens (tertiary/aromatic N) is 2. The molecule has 4 N–H and O–H groups in total. The molecule has 4 amide bonds. The zero-order valence-electron chi connectivity index (χ0n) is 25.2. The number of aryl methyl sites for hydroxylation is 1. The van der Waals surface area contributed by atoms with Crippen molar-refractivity contribution in [2.24, 2.45) is 5.73 Å². The van der Waals surface area contributed by atoms with Crippen molar-refractivity contribution in [3.05, 3.63) is 102 Å². The molecule has 4 aromatic carbocycles. The SMILES string of the molecule is CNC(=O)N(C)Cc1ccccc1-c1ccc(CN2C(=O)[C@H](NC(=O)C(C)(C)N)CCc3c2ccc2ccccc32)cc1. The maximum absolute atomic E-state index is 14.1. The van der Waals surface area contributed by atoms with Gasteiger partial charge in [-0.25, -0.2) is 4.79 Å². The van der Waals surface area contributed by atoms with Gasteiger partial charge < -0.3 is 26.2 Å². The summed E-state index contributed by atoms with van der Waals surface area (Å²) in [6.45, 7) is 4.10. The first-order valence-corrected chi connectivity index (χ1v) is 14.6. The van der Waals surface area contributed by atoms with Gasteiger partial charge in [0.05, 0.1) is 12.1 Å². The van der Waals surface area contributed by atoms with Crippen LogP contribution in [0.4, 0.5) is 10.5 Å². The maximum Gasteiger partial charge on any atom is 0.317 e. The van der Waals surface area contributed by atoms with Gasteiger partial charge in [-0.05, 0) is 71.3 Å².